The van der Waals surface area contributed by atoms with Crippen molar-refractivity contribution in [1.29, 1.82) is 0 Å². The summed E-state index contributed by atoms with van der Waals surface area (Å²) < 4.78 is 9.49. The van der Waals surface area contributed by atoms with Gasteiger partial charge in [-0.15, -0.1) is 0 Å². The summed E-state index contributed by atoms with van der Waals surface area (Å²) in [5.74, 6) is -1.54. The van der Waals surface area contributed by atoms with Crippen LogP contribution in [0.1, 0.15) is 17.9 Å². The maximum atomic E-state index is 11.9. The highest BCUT2D eigenvalue weighted by Gasteiger charge is 2.37. The number of methoxy groups -OCH3 is 2. The molecule has 7 heteroatoms. The van der Waals surface area contributed by atoms with Gasteiger partial charge in [0.05, 0.1) is 20.1 Å². The molecule has 108 valence electrons. The number of fused-ring (bicyclic) bond motifs is 1. The first-order valence-electron chi connectivity index (χ1n) is 5.89. The number of anilines is 1. The molecule has 0 saturated heterocycles. The summed E-state index contributed by atoms with van der Waals surface area (Å²) in [6.07, 6.45) is 0.216. The Morgan fingerprint density at radius 2 is 1.85 bits per heavy atom. The van der Waals surface area contributed by atoms with Crippen LogP contribution in [-0.4, -0.2) is 32.2 Å². The first-order chi connectivity index (χ1) is 9.47. The number of esters is 2. The second kappa shape index (κ2) is 5.89. The Kier molecular flexibility index (Phi) is 4.40. The molecule has 2 rings (SSSR count). The van der Waals surface area contributed by atoms with Crippen LogP contribution in [0.15, 0.2) is 12.1 Å². The van der Waals surface area contributed by atoms with Gasteiger partial charge < -0.3 is 14.8 Å². The molecule has 0 radical (unpaired) electrons. The molecule has 0 spiro atoms. The summed E-state index contributed by atoms with van der Waals surface area (Å²) in [5.41, 5.74) is 1.13. The fourth-order valence-corrected chi connectivity index (χ4v) is 2.94. The van der Waals surface area contributed by atoms with E-state index in [1.807, 2.05) is 0 Å². The van der Waals surface area contributed by atoms with E-state index in [2.05, 4.69) is 5.32 Å². The summed E-state index contributed by atoms with van der Waals surface area (Å²) >= 11 is 12.1. The van der Waals surface area contributed by atoms with E-state index in [1.165, 1.54) is 14.2 Å². The Balaban J connectivity index is 2.49. The molecule has 1 aromatic rings. The van der Waals surface area contributed by atoms with E-state index >= 15 is 0 Å². The number of halogens is 2. The Bertz CT molecular complexity index is 562. The van der Waals surface area contributed by atoms with Gasteiger partial charge in [-0.25, -0.2) is 4.79 Å². The van der Waals surface area contributed by atoms with E-state index < -0.39 is 23.9 Å². The predicted molar refractivity (Wildman–Crippen MR) is 75.3 cm³/mol. The monoisotopic (exact) mass is 317 g/mol. The van der Waals surface area contributed by atoms with E-state index in [0.717, 1.165) is 0 Å². The molecule has 1 aliphatic heterocycles. The molecule has 0 amide bonds. The van der Waals surface area contributed by atoms with Crippen molar-refractivity contribution in [2.45, 2.75) is 18.4 Å². The van der Waals surface area contributed by atoms with Gasteiger partial charge in [-0.1, -0.05) is 23.2 Å². The average molecular weight is 318 g/mol. The molecule has 2 unspecified atom stereocenters. The summed E-state index contributed by atoms with van der Waals surface area (Å²) in [4.78, 5) is 23.6. The molecule has 1 heterocycles. The number of hydrogen-bond acceptors (Lipinski definition) is 5. The molecule has 0 bridgehead atoms. The van der Waals surface area contributed by atoms with Crippen LogP contribution in [0.3, 0.4) is 0 Å². The largest absolute Gasteiger partial charge is 0.469 e. The number of carbonyl (C=O) groups is 2. The number of carbonyl (C=O) groups excluding carboxylic acids is 2. The zero-order valence-corrected chi connectivity index (χ0v) is 12.4. The number of nitrogens with one attached hydrogen (secondary N) is 1. The maximum Gasteiger partial charge on any atom is 0.328 e. The van der Waals surface area contributed by atoms with Crippen molar-refractivity contribution in [2.75, 3.05) is 19.5 Å². The first-order valence-corrected chi connectivity index (χ1v) is 6.64. The van der Waals surface area contributed by atoms with Crippen LogP contribution in [0.2, 0.25) is 10.0 Å². The lowest BCUT2D eigenvalue weighted by Gasteiger charge is -2.31. The van der Waals surface area contributed by atoms with Gasteiger partial charge in [0, 0.05) is 21.3 Å². The zero-order chi connectivity index (χ0) is 14.9. The Hall–Kier alpha value is -1.46. The standard InChI is InChI=1S/C13H13Cl2NO4/c1-19-12(17)7-5-10(13(18)20-2)16-9-4-6(14)3-8(15)11(7)9/h3-4,7,10,16H,5H2,1-2H3. The molecule has 20 heavy (non-hydrogen) atoms. The Morgan fingerprint density at radius 1 is 1.20 bits per heavy atom. The van der Waals surface area contributed by atoms with E-state index in [1.54, 1.807) is 12.1 Å². The van der Waals surface area contributed by atoms with Crippen LogP contribution in [-0.2, 0) is 19.1 Å². The number of ether oxygens (including phenoxy) is 2. The van der Waals surface area contributed by atoms with Crippen LogP contribution in [0.5, 0.6) is 0 Å². The van der Waals surface area contributed by atoms with E-state index in [0.29, 0.717) is 21.3 Å². The van der Waals surface area contributed by atoms with Crippen LogP contribution in [0.25, 0.3) is 0 Å². The molecule has 0 saturated carbocycles. The third kappa shape index (κ3) is 2.69. The van der Waals surface area contributed by atoms with Crippen molar-refractivity contribution >= 4 is 40.8 Å². The highest BCUT2D eigenvalue weighted by molar-refractivity contribution is 6.36. The molecular weight excluding hydrogens is 305 g/mol. The molecule has 1 aromatic carbocycles. The second-order valence-corrected chi connectivity index (χ2v) is 5.22. The van der Waals surface area contributed by atoms with Crippen molar-refractivity contribution < 1.29 is 19.1 Å². The van der Waals surface area contributed by atoms with Crippen molar-refractivity contribution in [3.8, 4) is 0 Å². The van der Waals surface area contributed by atoms with Crippen LogP contribution in [0, 0.1) is 0 Å². The minimum atomic E-state index is -0.647. The second-order valence-electron chi connectivity index (χ2n) is 4.38. The zero-order valence-electron chi connectivity index (χ0n) is 10.9. The number of rotatable bonds is 2. The lowest BCUT2D eigenvalue weighted by molar-refractivity contribution is -0.144. The van der Waals surface area contributed by atoms with Gasteiger partial charge in [0.25, 0.3) is 0 Å². The molecule has 1 aliphatic rings. The van der Waals surface area contributed by atoms with E-state index in [4.69, 9.17) is 32.7 Å². The first kappa shape index (κ1) is 14.9. The van der Waals surface area contributed by atoms with Gasteiger partial charge in [0.1, 0.15) is 6.04 Å². The molecule has 0 aliphatic carbocycles. The molecule has 0 fully saturated rings. The maximum absolute atomic E-state index is 11.9. The minimum absolute atomic E-state index is 0.216. The van der Waals surface area contributed by atoms with Gasteiger partial charge in [-0.05, 0) is 18.6 Å². The topological polar surface area (TPSA) is 64.6 Å². The highest BCUT2D eigenvalue weighted by Crippen LogP contribution is 2.41. The third-order valence-electron chi connectivity index (χ3n) is 3.22. The summed E-state index contributed by atoms with van der Waals surface area (Å²) in [7, 11) is 2.58. The number of benzene rings is 1. The van der Waals surface area contributed by atoms with Gasteiger partial charge in [0.15, 0.2) is 0 Å². The molecule has 2 atom stereocenters. The van der Waals surface area contributed by atoms with E-state index in [-0.39, 0.29) is 6.42 Å². The minimum Gasteiger partial charge on any atom is -0.469 e. The van der Waals surface area contributed by atoms with Gasteiger partial charge in [0.2, 0.25) is 0 Å². The summed E-state index contributed by atoms with van der Waals surface area (Å²) in [6, 6.07) is 2.53. The summed E-state index contributed by atoms with van der Waals surface area (Å²) in [6.45, 7) is 0. The molecule has 5 nitrogen and oxygen atoms in total. The fourth-order valence-electron chi connectivity index (χ4n) is 2.31. The lowest BCUT2D eigenvalue weighted by Crippen LogP contribution is -2.38. The van der Waals surface area contributed by atoms with Crippen LogP contribution < -0.4 is 5.32 Å². The smallest absolute Gasteiger partial charge is 0.328 e. The summed E-state index contributed by atoms with van der Waals surface area (Å²) in [5, 5.41) is 3.76. The lowest BCUT2D eigenvalue weighted by atomic mass is 9.87. The van der Waals surface area contributed by atoms with Crippen molar-refractivity contribution in [1.82, 2.24) is 0 Å². The number of hydrogen-bond donors (Lipinski definition) is 1. The van der Waals surface area contributed by atoms with Crippen molar-refractivity contribution in [2.24, 2.45) is 0 Å². The molecule has 0 aromatic heterocycles. The average Bonchev–Trinajstić information content (AvgIpc) is 2.43. The fraction of sp³-hybridized carbons (Fsp3) is 0.385. The van der Waals surface area contributed by atoms with Gasteiger partial charge in [-0.3, -0.25) is 4.79 Å². The Labute approximate surface area is 126 Å². The Morgan fingerprint density at radius 3 is 2.45 bits per heavy atom. The molecular formula is C13H13Cl2NO4. The quantitative estimate of drug-likeness (QED) is 0.849. The molecule has 1 N–H and O–H groups in total. The van der Waals surface area contributed by atoms with E-state index in [9.17, 15) is 9.59 Å². The van der Waals surface area contributed by atoms with Gasteiger partial charge >= 0.3 is 11.9 Å². The van der Waals surface area contributed by atoms with Crippen molar-refractivity contribution in [3.05, 3.63) is 27.7 Å². The SMILES string of the molecule is COC(=O)C1CC(C(=O)OC)c2c(Cl)cc(Cl)cc2N1. The highest BCUT2D eigenvalue weighted by atomic mass is 35.5. The van der Waals surface area contributed by atoms with Gasteiger partial charge in [-0.2, -0.15) is 0 Å². The third-order valence-corrected chi connectivity index (χ3v) is 3.75. The normalized spacial score (nSPS) is 20.6. The van der Waals surface area contributed by atoms with Crippen molar-refractivity contribution in [3.63, 3.8) is 0 Å². The predicted octanol–water partition coefficient (Wildman–Crippen LogP) is 2.61. The van der Waals surface area contributed by atoms with Crippen LogP contribution in [0.4, 0.5) is 5.69 Å². The van der Waals surface area contributed by atoms with Crippen LogP contribution >= 0.6 is 23.2 Å².